The van der Waals surface area contributed by atoms with Gasteiger partial charge in [-0.25, -0.2) is 21.1 Å². The van der Waals surface area contributed by atoms with Crippen LogP contribution >= 0.6 is 0 Å². The first kappa shape index (κ1) is 34.0. The van der Waals surface area contributed by atoms with Crippen LogP contribution in [0.4, 0.5) is 0 Å². The van der Waals surface area contributed by atoms with E-state index in [1.165, 1.54) is 27.9 Å². The third-order valence-corrected chi connectivity index (χ3v) is 11.3. The number of nitrogens with zero attached hydrogens (tertiary/aromatic N) is 2. The first-order chi connectivity index (χ1) is 19.8. The predicted octanol–water partition coefficient (Wildman–Crippen LogP) is 2.88. The molecule has 3 rings (SSSR count). The molecular formula is C30H45N3O7S2. The highest BCUT2D eigenvalue weighted by molar-refractivity contribution is 7.89. The lowest BCUT2D eigenvalue weighted by atomic mass is 10.00. The molecule has 1 amide bonds. The van der Waals surface area contributed by atoms with Gasteiger partial charge in [-0.2, -0.15) is 4.31 Å². The molecule has 234 valence electrons. The minimum absolute atomic E-state index is 0.0348. The molecule has 0 spiro atoms. The van der Waals surface area contributed by atoms with E-state index in [9.17, 15) is 26.7 Å². The van der Waals surface area contributed by atoms with E-state index >= 15 is 0 Å². The Labute approximate surface area is 251 Å². The topological polar surface area (TPSA) is 133 Å². The van der Waals surface area contributed by atoms with Gasteiger partial charge in [0, 0.05) is 26.2 Å². The fraction of sp³-hybridized carbons (Fsp3) is 0.567. The summed E-state index contributed by atoms with van der Waals surface area (Å²) >= 11 is 0. The number of ether oxygens (including phenoxy) is 1. The molecule has 1 fully saturated rings. The molecular weight excluding hydrogens is 578 g/mol. The van der Waals surface area contributed by atoms with Crippen LogP contribution in [0.1, 0.15) is 45.6 Å². The second kappa shape index (κ2) is 15.3. The monoisotopic (exact) mass is 623 g/mol. The highest BCUT2D eigenvalue weighted by Crippen LogP contribution is 2.22. The lowest BCUT2D eigenvalue weighted by molar-refractivity contribution is -0.125. The van der Waals surface area contributed by atoms with Crippen LogP contribution in [0.25, 0.3) is 0 Å². The molecule has 0 saturated carbocycles. The Bertz CT molecular complexity index is 1350. The number of hydrogen-bond acceptors (Lipinski definition) is 7. The van der Waals surface area contributed by atoms with Crippen molar-refractivity contribution < 1.29 is 31.5 Å². The average Bonchev–Trinajstić information content (AvgIpc) is 2.97. The number of carbonyl (C=O) groups is 1. The number of carbonyl (C=O) groups excluding carboxylic acids is 1. The van der Waals surface area contributed by atoms with Crippen molar-refractivity contribution in [2.24, 2.45) is 11.8 Å². The SMILES string of the molecule is COc1ccc(S(=O)(=O)N(CC(C)C)CC(O)[C@H](Cc2ccccc2)NC(=O)[C@H](C)CS(=O)(=O)N2CCCCC2)cc1. The van der Waals surface area contributed by atoms with Crippen LogP contribution in [0.3, 0.4) is 0 Å². The van der Waals surface area contributed by atoms with Crippen molar-refractivity contribution in [3.63, 3.8) is 0 Å². The molecule has 0 bridgehead atoms. The summed E-state index contributed by atoms with van der Waals surface area (Å²) in [6.45, 7) is 6.14. The molecule has 0 radical (unpaired) electrons. The van der Waals surface area contributed by atoms with Gasteiger partial charge in [-0.3, -0.25) is 4.79 Å². The predicted molar refractivity (Wildman–Crippen MR) is 163 cm³/mol. The number of hydrogen-bond donors (Lipinski definition) is 2. The second-order valence-corrected chi connectivity index (χ2v) is 15.4. The minimum atomic E-state index is -3.98. The van der Waals surface area contributed by atoms with Crippen molar-refractivity contribution in [3.8, 4) is 5.75 Å². The third kappa shape index (κ3) is 9.50. The summed E-state index contributed by atoms with van der Waals surface area (Å²) in [5.74, 6) is -1.22. The van der Waals surface area contributed by atoms with E-state index in [-0.39, 0.29) is 36.1 Å². The number of amides is 1. The summed E-state index contributed by atoms with van der Waals surface area (Å²) in [5.41, 5.74) is 0.837. The van der Waals surface area contributed by atoms with Gasteiger partial charge in [0.25, 0.3) is 0 Å². The van der Waals surface area contributed by atoms with Gasteiger partial charge in [-0.1, -0.05) is 57.5 Å². The molecule has 0 aromatic heterocycles. The Morgan fingerprint density at radius 3 is 2.14 bits per heavy atom. The molecule has 1 aliphatic rings. The molecule has 1 unspecified atom stereocenters. The van der Waals surface area contributed by atoms with Crippen LogP contribution in [-0.2, 0) is 31.3 Å². The van der Waals surface area contributed by atoms with Crippen LogP contribution in [-0.4, -0.2) is 87.6 Å². The van der Waals surface area contributed by atoms with Gasteiger partial charge in [0.2, 0.25) is 26.0 Å². The van der Waals surface area contributed by atoms with Crippen molar-refractivity contribution in [1.82, 2.24) is 13.9 Å². The van der Waals surface area contributed by atoms with Gasteiger partial charge < -0.3 is 15.2 Å². The van der Waals surface area contributed by atoms with Crippen LogP contribution in [0.5, 0.6) is 5.75 Å². The standard InChI is InChI=1S/C30H45N3O7S2/c1-23(2)20-33(42(38,39)27-15-13-26(40-4)14-16-27)21-29(34)28(19-25-11-7-5-8-12-25)31-30(35)24(3)22-41(36,37)32-17-9-6-10-18-32/h5,7-8,11-16,23-24,28-29,34H,6,9-10,17-22H2,1-4H3,(H,31,35)/t24-,28+,29?/m1/s1. The summed E-state index contributed by atoms with van der Waals surface area (Å²) < 4.78 is 61.0. The van der Waals surface area contributed by atoms with Gasteiger partial charge in [-0.15, -0.1) is 0 Å². The van der Waals surface area contributed by atoms with E-state index in [0.29, 0.717) is 18.8 Å². The first-order valence-electron chi connectivity index (χ1n) is 14.5. The summed E-state index contributed by atoms with van der Waals surface area (Å²) in [4.78, 5) is 13.4. The number of nitrogens with one attached hydrogen (secondary N) is 1. The van der Waals surface area contributed by atoms with Gasteiger partial charge in [0.05, 0.1) is 35.8 Å². The Morgan fingerprint density at radius 2 is 1.57 bits per heavy atom. The van der Waals surface area contributed by atoms with Crippen LogP contribution in [0, 0.1) is 11.8 Å². The maximum Gasteiger partial charge on any atom is 0.243 e. The number of aliphatic hydroxyl groups is 1. The van der Waals surface area contributed by atoms with E-state index < -0.39 is 44.0 Å². The first-order valence-corrected chi connectivity index (χ1v) is 17.5. The summed E-state index contributed by atoms with van der Waals surface area (Å²) in [6.07, 6.45) is 1.56. The van der Waals surface area contributed by atoms with Crippen LogP contribution < -0.4 is 10.1 Å². The molecule has 2 N–H and O–H groups in total. The minimum Gasteiger partial charge on any atom is -0.497 e. The quantitative estimate of drug-likeness (QED) is 0.312. The zero-order valence-corrected chi connectivity index (χ0v) is 26.6. The van der Waals surface area contributed by atoms with Crippen molar-refractivity contribution in [2.45, 2.75) is 63.5 Å². The fourth-order valence-corrected chi connectivity index (χ4v) is 8.46. The average molecular weight is 624 g/mol. The van der Waals surface area contributed by atoms with E-state index in [2.05, 4.69) is 5.32 Å². The van der Waals surface area contributed by atoms with Gasteiger partial charge in [0.1, 0.15) is 5.75 Å². The molecule has 2 aromatic rings. The van der Waals surface area contributed by atoms with Crippen LogP contribution in [0.15, 0.2) is 59.5 Å². The molecule has 1 heterocycles. The second-order valence-electron chi connectivity index (χ2n) is 11.4. The largest absolute Gasteiger partial charge is 0.497 e. The summed E-state index contributed by atoms with van der Waals surface area (Å²) in [5, 5.41) is 14.3. The molecule has 2 aromatic carbocycles. The van der Waals surface area contributed by atoms with Crippen molar-refractivity contribution >= 4 is 26.0 Å². The Kier molecular flexibility index (Phi) is 12.4. The number of rotatable bonds is 15. The Balaban J connectivity index is 1.81. The molecule has 3 atom stereocenters. The molecule has 1 saturated heterocycles. The number of piperidine rings is 1. The van der Waals surface area contributed by atoms with E-state index in [1.54, 1.807) is 19.1 Å². The maximum atomic E-state index is 13.6. The molecule has 0 aliphatic carbocycles. The number of aliphatic hydroxyl groups excluding tert-OH is 1. The zero-order valence-electron chi connectivity index (χ0n) is 25.0. The highest BCUT2D eigenvalue weighted by Gasteiger charge is 2.33. The fourth-order valence-electron chi connectivity index (χ4n) is 5.03. The van der Waals surface area contributed by atoms with Gasteiger partial charge >= 0.3 is 0 Å². The van der Waals surface area contributed by atoms with Crippen molar-refractivity contribution in [3.05, 3.63) is 60.2 Å². The van der Waals surface area contributed by atoms with Crippen molar-refractivity contribution in [1.29, 1.82) is 0 Å². The smallest absolute Gasteiger partial charge is 0.243 e. The third-order valence-electron chi connectivity index (χ3n) is 7.36. The lowest BCUT2D eigenvalue weighted by Gasteiger charge is -2.31. The molecule has 10 nitrogen and oxygen atoms in total. The lowest BCUT2D eigenvalue weighted by Crippen LogP contribution is -2.52. The van der Waals surface area contributed by atoms with Crippen molar-refractivity contribution in [2.75, 3.05) is 39.0 Å². The summed E-state index contributed by atoms with van der Waals surface area (Å²) in [6, 6.07) is 14.4. The molecule has 1 aliphatic heterocycles. The molecule has 12 heteroatoms. The zero-order chi connectivity index (χ0) is 30.9. The maximum absolute atomic E-state index is 13.6. The van der Waals surface area contributed by atoms with Gasteiger partial charge in [0.15, 0.2) is 0 Å². The molecule has 42 heavy (non-hydrogen) atoms. The van der Waals surface area contributed by atoms with Crippen LogP contribution in [0.2, 0.25) is 0 Å². The number of sulfonamides is 2. The Hall–Kier alpha value is -2.51. The van der Waals surface area contributed by atoms with E-state index in [0.717, 1.165) is 24.8 Å². The number of benzene rings is 2. The Morgan fingerprint density at radius 1 is 0.952 bits per heavy atom. The normalized spacial score (nSPS) is 17.1. The highest BCUT2D eigenvalue weighted by atomic mass is 32.2. The van der Waals surface area contributed by atoms with E-state index in [1.807, 2.05) is 44.2 Å². The number of methoxy groups -OCH3 is 1. The van der Waals surface area contributed by atoms with Gasteiger partial charge in [-0.05, 0) is 55.0 Å². The van der Waals surface area contributed by atoms with E-state index in [4.69, 9.17) is 4.74 Å². The summed E-state index contributed by atoms with van der Waals surface area (Å²) in [7, 11) is -6.10.